The zero-order chi connectivity index (χ0) is 17.2. The minimum atomic E-state index is -0.0647. The van der Waals surface area contributed by atoms with Gasteiger partial charge in [-0.1, -0.05) is 19.9 Å². The molecule has 1 aromatic carbocycles. The van der Waals surface area contributed by atoms with E-state index in [4.69, 9.17) is 9.47 Å². The van der Waals surface area contributed by atoms with Gasteiger partial charge in [0.25, 0.3) is 0 Å². The van der Waals surface area contributed by atoms with Crippen molar-refractivity contribution in [3.8, 4) is 11.5 Å². The second-order valence-corrected chi connectivity index (χ2v) is 6.11. The van der Waals surface area contributed by atoms with Gasteiger partial charge < -0.3 is 20.1 Å². The molecule has 1 amide bonds. The number of carbonyl (C=O) groups is 1. The summed E-state index contributed by atoms with van der Waals surface area (Å²) in [5.41, 5.74) is 1.00. The van der Waals surface area contributed by atoms with Crippen LogP contribution in [0.2, 0.25) is 0 Å². The molecular formula is C18H30N2O3. The molecule has 0 spiro atoms. The molecule has 0 aliphatic carbocycles. The molecule has 0 heterocycles. The second-order valence-electron chi connectivity index (χ2n) is 6.11. The highest BCUT2D eigenvalue weighted by Gasteiger charge is 2.13. The maximum absolute atomic E-state index is 11.9. The predicted molar refractivity (Wildman–Crippen MR) is 93.0 cm³/mol. The number of nitrogens with one attached hydrogen (secondary N) is 2. The summed E-state index contributed by atoms with van der Waals surface area (Å²) < 4.78 is 11.2. The highest BCUT2D eigenvalue weighted by Crippen LogP contribution is 2.30. The fourth-order valence-corrected chi connectivity index (χ4v) is 2.15. The number of benzene rings is 1. The molecule has 5 nitrogen and oxygen atoms in total. The Bertz CT molecular complexity index is 489. The van der Waals surface area contributed by atoms with Gasteiger partial charge in [-0.3, -0.25) is 4.79 Å². The van der Waals surface area contributed by atoms with Crippen LogP contribution in [0.1, 0.15) is 45.2 Å². The van der Waals surface area contributed by atoms with E-state index in [-0.39, 0.29) is 11.9 Å². The number of amides is 1. The third kappa shape index (κ3) is 6.91. The van der Waals surface area contributed by atoms with E-state index in [1.165, 1.54) is 0 Å². The van der Waals surface area contributed by atoms with Crippen LogP contribution >= 0.6 is 0 Å². The zero-order valence-corrected chi connectivity index (χ0v) is 14.9. The van der Waals surface area contributed by atoms with Crippen molar-refractivity contribution < 1.29 is 14.3 Å². The van der Waals surface area contributed by atoms with Gasteiger partial charge in [0.15, 0.2) is 11.5 Å². The average Bonchev–Trinajstić information content (AvgIpc) is 2.52. The zero-order valence-electron chi connectivity index (χ0n) is 14.9. The highest BCUT2D eigenvalue weighted by molar-refractivity contribution is 5.76. The van der Waals surface area contributed by atoms with Crippen molar-refractivity contribution in [2.75, 3.05) is 27.3 Å². The van der Waals surface area contributed by atoms with E-state index in [1.54, 1.807) is 7.11 Å². The third-order valence-electron chi connectivity index (χ3n) is 3.47. The summed E-state index contributed by atoms with van der Waals surface area (Å²) in [5.74, 6) is 1.94. The van der Waals surface area contributed by atoms with Crippen molar-refractivity contribution in [3.63, 3.8) is 0 Å². The van der Waals surface area contributed by atoms with Gasteiger partial charge in [0.2, 0.25) is 5.91 Å². The first kappa shape index (κ1) is 19.3. The molecule has 0 bridgehead atoms. The minimum absolute atomic E-state index is 0.0619. The maximum atomic E-state index is 11.9. The Hall–Kier alpha value is -1.75. The van der Waals surface area contributed by atoms with Crippen LogP contribution in [0.15, 0.2) is 18.2 Å². The van der Waals surface area contributed by atoms with Gasteiger partial charge in [-0.05, 0) is 50.6 Å². The number of hydrogen-bond donors (Lipinski definition) is 2. The minimum Gasteiger partial charge on any atom is -0.493 e. The monoisotopic (exact) mass is 322 g/mol. The molecule has 0 radical (unpaired) electrons. The lowest BCUT2D eigenvalue weighted by molar-refractivity contribution is -0.121. The van der Waals surface area contributed by atoms with E-state index in [0.29, 0.717) is 24.7 Å². The molecule has 130 valence electrons. The Balaban J connectivity index is 2.66. The molecule has 1 atom stereocenters. The molecule has 0 saturated heterocycles. The molecule has 1 aromatic rings. The lowest BCUT2D eigenvalue weighted by Gasteiger charge is -2.18. The SMILES string of the molecule is CNCCCC(=O)NC(C)c1ccc(OCC(C)C)c(OC)c1. The summed E-state index contributed by atoms with van der Waals surface area (Å²) >= 11 is 0. The molecule has 2 N–H and O–H groups in total. The quantitative estimate of drug-likeness (QED) is 0.650. The van der Waals surface area contributed by atoms with E-state index < -0.39 is 0 Å². The molecule has 1 unspecified atom stereocenters. The number of methoxy groups -OCH3 is 1. The van der Waals surface area contributed by atoms with Crippen molar-refractivity contribution in [2.45, 2.75) is 39.7 Å². The molecule has 5 heteroatoms. The van der Waals surface area contributed by atoms with Crippen LogP contribution < -0.4 is 20.1 Å². The largest absolute Gasteiger partial charge is 0.493 e. The van der Waals surface area contributed by atoms with Gasteiger partial charge in [0.05, 0.1) is 19.8 Å². The Morgan fingerprint density at radius 3 is 2.57 bits per heavy atom. The first-order valence-corrected chi connectivity index (χ1v) is 8.22. The van der Waals surface area contributed by atoms with Crippen LogP contribution in [0.25, 0.3) is 0 Å². The van der Waals surface area contributed by atoms with Crippen molar-refractivity contribution in [3.05, 3.63) is 23.8 Å². The number of rotatable bonds is 10. The van der Waals surface area contributed by atoms with Gasteiger partial charge in [0.1, 0.15) is 0 Å². The number of carbonyl (C=O) groups excluding carboxylic acids is 1. The lowest BCUT2D eigenvalue weighted by atomic mass is 10.1. The van der Waals surface area contributed by atoms with Gasteiger partial charge in [0, 0.05) is 6.42 Å². The number of ether oxygens (including phenoxy) is 2. The summed E-state index contributed by atoms with van der Waals surface area (Å²) in [6.45, 7) is 7.67. The molecule has 0 saturated carbocycles. The fourth-order valence-electron chi connectivity index (χ4n) is 2.15. The molecular weight excluding hydrogens is 292 g/mol. The average molecular weight is 322 g/mol. The molecule has 0 aliphatic heterocycles. The van der Waals surface area contributed by atoms with Crippen LogP contribution in [0.5, 0.6) is 11.5 Å². The van der Waals surface area contributed by atoms with Crippen molar-refractivity contribution >= 4 is 5.91 Å². The summed E-state index contributed by atoms with van der Waals surface area (Å²) in [6.07, 6.45) is 1.36. The molecule has 1 rings (SSSR count). The Morgan fingerprint density at radius 1 is 1.22 bits per heavy atom. The van der Waals surface area contributed by atoms with Gasteiger partial charge in [-0.2, -0.15) is 0 Å². The van der Waals surface area contributed by atoms with E-state index in [1.807, 2.05) is 32.2 Å². The second kappa shape index (κ2) is 10.1. The van der Waals surface area contributed by atoms with Crippen LogP contribution in [0.4, 0.5) is 0 Å². The van der Waals surface area contributed by atoms with Crippen molar-refractivity contribution in [1.29, 1.82) is 0 Å². The summed E-state index contributed by atoms with van der Waals surface area (Å²) in [7, 11) is 3.51. The lowest BCUT2D eigenvalue weighted by Crippen LogP contribution is -2.27. The molecule has 0 aromatic heterocycles. The summed E-state index contributed by atoms with van der Waals surface area (Å²) in [4.78, 5) is 11.9. The van der Waals surface area contributed by atoms with Crippen LogP contribution in [-0.4, -0.2) is 33.2 Å². The van der Waals surface area contributed by atoms with Crippen molar-refractivity contribution in [1.82, 2.24) is 10.6 Å². The number of hydrogen-bond acceptors (Lipinski definition) is 4. The normalized spacial score (nSPS) is 12.1. The van der Waals surface area contributed by atoms with Crippen LogP contribution in [0.3, 0.4) is 0 Å². The van der Waals surface area contributed by atoms with Gasteiger partial charge in [-0.25, -0.2) is 0 Å². The topological polar surface area (TPSA) is 59.6 Å². The molecule has 0 fully saturated rings. The maximum Gasteiger partial charge on any atom is 0.220 e. The van der Waals surface area contributed by atoms with E-state index in [9.17, 15) is 4.79 Å². The first-order chi connectivity index (χ1) is 11.0. The Labute approximate surface area is 139 Å². The van der Waals surface area contributed by atoms with Gasteiger partial charge in [-0.15, -0.1) is 0 Å². The molecule has 23 heavy (non-hydrogen) atoms. The van der Waals surface area contributed by atoms with E-state index in [0.717, 1.165) is 24.3 Å². The standard InChI is InChI=1S/C18H30N2O3/c1-13(2)12-23-16-9-8-15(11-17(16)22-5)14(3)20-18(21)7-6-10-19-4/h8-9,11,13-14,19H,6-7,10,12H2,1-5H3,(H,20,21). The fraction of sp³-hybridized carbons (Fsp3) is 0.611. The van der Waals surface area contributed by atoms with Gasteiger partial charge >= 0.3 is 0 Å². The Morgan fingerprint density at radius 2 is 1.96 bits per heavy atom. The predicted octanol–water partition coefficient (Wildman–Crippen LogP) is 2.91. The molecule has 0 aliphatic rings. The van der Waals surface area contributed by atoms with Crippen LogP contribution in [0, 0.1) is 5.92 Å². The summed E-state index contributed by atoms with van der Waals surface area (Å²) in [5, 5.41) is 6.05. The van der Waals surface area contributed by atoms with E-state index >= 15 is 0 Å². The highest BCUT2D eigenvalue weighted by atomic mass is 16.5. The van der Waals surface area contributed by atoms with Crippen molar-refractivity contribution in [2.24, 2.45) is 5.92 Å². The summed E-state index contributed by atoms with van der Waals surface area (Å²) in [6, 6.07) is 5.73. The van der Waals surface area contributed by atoms with Crippen LogP contribution in [-0.2, 0) is 4.79 Å². The first-order valence-electron chi connectivity index (χ1n) is 8.22. The third-order valence-corrected chi connectivity index (χ3v) is 3.47. The van der Waals surface area contributed by atoms with E-state index in [2.05, 4.69) is 24.5 Å². The smallest absolute Gasteiger partial charge is 0.220 e. The Kier molecular flexibility index (Phi) is 8.48.